The molecule has 1 fully saturated rings. The zero-order valence-electron chi connectivity index (χ0n) is 15.9. The molecule has 2 rings (SSSR count). The molecule has 0 aromatic heterocycles. The molecule has 1 unspecified atom stereocenters. The van der Waals surface area contributed by atoms with E-state index in [9.17, 15) is 17.6 Å². The Bertz CT molecular complexity index is 770. The maximum Gasteiger partial charge on any atom is 0.222 e. The number of halogens is 1. The average molecular weight is 431 g/mol. The fourth-order valence-corrected chi connectivity index (χ4v) is 5.25. The molecule has 28 heavy (non-hydrogen) atoms. The van der Waals surface area contributed by atoms with Crippen molar-refractivity contribution in [3.8, 4) is 0 Å². The summed E-state index contributed by atoms with van der Waals surface area (Å²) in [7, 11) is -1.33. The van der Waals surface area contributed by atoms with E-state index in [0.717, 1.165) is 23.6 Å². The summed E-state index contributed by atoms with van der Waals surface area (Å²) in [4.78, 5) is 17.0. The third-order valence-corrected chi connectivity index (χ3v) is 7.03. The lowest BCUT2D eigenvalue weighted by atomic mass is 10.2. The van der Waals surface area contributed by atoms with E-state index in [-0.39, 0.29) is 35.7 Å². The van der Waals surface area contributed by atoms with Crippen LogP contribution in [-0.2, 0) is 14.6 Å². The first kappa shape index (κ1) is 22.5. The highest BCUT2D eigenvalue weighted by Crippen LogP contribution is 2.18. The van der Waals surface area contributed by atoms with E-state index in [2.05, 4.69) is 20.9 Å². The van der Waals surface area contributed by atoms with Crippen LogP contribution in [0.4, 0.5) is 4.39 Å². The van der Waals surface area contributed by atoms with Crippen LogP contribution in [0.1, 0.15) is 19.3 Å². The predicted octanol–water partition coefficient (Wildman–Crippen LogP) is 1.17. The lowest BCUT2D eigenvalue weighted by Gasteiger charge is -2.13. The quantitative estimate of drug-likeness (QED) is 0.235. The van der Waals surface area contributed by atoms with Gasteiger partial charge in [0.05, 0.1) is 11.5 Å². The van der Waals surface area contributed by atoms with Crippen LogP contribution in [-0.4, -0.2) is 63.7 Å². The van der Waals surface area contributed by atoms with Gasteiger partial charge in [0.2, 0.25) is 5.91 Å². The van der Waals surface area contributed by atoms with Crippen molar-refractivity contribution < 1.29 is 17.6 Å². The summed E-state index contributed by atoms with van der Waals surface area (Å²) in [6.07, 6.45) is 1.64. The van der Waals surface area contributed by atoms with E-state index in [0.29, 0.717) is 18.9 Å². The standard InChI is InChI=1S/C18H27FN4O3S2/c1-20-18(21-9-2-11-27-16-5-3-14(19)4-6-16)22-10-7-17(24)23-15-8-12-28(25,26)13-15/h3-6,15H,2,7-13H2,1H3,(H,23,24)(H2,20,21,22). The van der Waals surface area contributed by atoms with Crippen LogP contribution in [0, 0.1) is 5.82 Å². The molecule has 0 aliphatic carbocycles. The van der Waals surface area contributed by atoms with E-state index in [4.69, 9.17) is 0 Å². The Labute approximate surface area is 169 Å². The summed E-state index contributed by atoms with van der Waals surface area (Å²) < 4.78 is 35.7. The highest BCUT2D eigenvalue weighted by Gasteiger charge is 2.28. The van der Waals surface area contributed by atoms with Crippen molar-refractivity contribution in [1.29, 1.82) is 0 Å². The Hall–Kier alpha value is -1.81. The molecule has 0 bridgehead atoms. The molecule has 10 heteroatoms. The van der Waals surface area contributed by atoms with Crippen molar-refractivity contribution in [1.82, 2.24) is 16.0 Å². The van der Waals surface area contributed by atoms with Crippen molar-refractivity contribution in [3.63, 3.8) is 0 Å². The lowest BCUT2D eigenvalue weighted by Crippen LogP contribution is -2.41. The number of hydrogen-bond acceptors (Lipinski definition) is 5. The minimum absolute atomic E-state index is 0.0331. The highest BCUT2D eigenvalue weighted by atomic mass is 32.2. The second kappa shape index (κ2) is 11.3. The van der Waals surface area contributed by atoms with E-state index >= 15 is 0 Å². The molecule has 1 aliphatic heterocycles. The molecule has 1 amide bonds. The first-order valence-corrected chi connectivity index (χ1v) is 12.0. The number of nitrogens with zero attached hydrogens (tertiary/aromatic N) is 1. The monoisotopic (exact) mass is 430 g/mol. The molecule has 0 saturated carbocycles. The molecule has 156 valence electrons. The predicted molar refractivity (Wildman–Crippen MR) is 111 cm³/mol. The fourth-order valence-electron chi connectivity index (χ4n) is 2.72. The number of guanidine groups is 1. The number of sulfone groups is 1. The molecule has 0 radical (unpaired) electrons. The Balaban J connectivity index is 1.54. The largest absolute Gasteiger partial charge is 0.356 e. The van der Waals surface area contributed by atoms with Crippen LogP contribution in [0.3, 0.4) is 0 Å². The van der Waals surface area contributed by atoms with Gasteiger partial charge in [-0.3, -0.25) is 9.79 Å². The van der Waals surface area contributed by atoms with E-state index < -0.39 is 9.84 Å². The van der Waals surface area contributed by atoms with Gasteiger partial charge in [-0.2, -0.15) is 0 Å². The number of benzene rings is 1. The van der Waals surface area contributed by atoms with Crippen molar-refractivity contribution >= 4 is 33.5 Å². The SMILES string of the molecule is CN=C(NCCCSc1ccc(F)cc1)NCCC(=O)NC1CCS(=O)(=O)C1. The molecule has 1 aromatic rings. The van der Waals surface area contributed by atoms with Gasteiger partial charge >= 0.3 is 0 Å². The van der Waals surface area contributed by atoms with Gasteiger partial charge in [-0.15, -0.1) is 11.8 Å². The lowest BCUT2D eigenvalue weighted by molar-refractivity contribution is -0.121. The van der Waals surface area contributed by atoms with Gasteiger partial charge in [-0.05, 0) is 42.9 Å². The molecule has 1 saturated heterocycles. The smallest absolute Gasteiger partial charge is 0.222 e. The first-order valence-electron chi connectivity index (χ1n) is 9.20. The number of rotatable bonds is 9. The third kappa shape index (κ3) is 8.47. The third-order valence-electron chi connectivity index (χ3n) is 4.16. The zero-order valence-corrected chi connectivity index (χ0v) is 17.5. The number of nitrogens with one attached hydrogen (secondary N) is 3. The normalized spacial score (nSPS) is 18.6. The van der Waals surface area contributed by atoms with Gasteiger partial charge in [-0.25, -0.2) is 12.8 Å². The highest BCUT2D eigenvalue weighted by molar-refractivity contribution is 7.99. The second-order valence-electron chi connectivity index (χ2n) is 6.50. The van der Waals surface area contributed by atoms with Crippen LogP contribution in [0.15, 0.2) is 34.2 Å². The molecular weight excluding hydrogens is 403 g/mol. The van der Waals surface area contributed by atoms with Gasteiger partial charge < -0.3 is 16.0 Å². The number of carbonyl (C=O) groups is 1. The van der Waals surface area contributed by atoms with Crippen LogP contribution >= 0.6 is 11.8 Å². The molecule has 1 heterocycles. The Morgan fingerprint density at radius 1 is 1.25 bits per heavy atom. The van der Waals surface area contributed by atoms with Gasteiger partial charge in [0.1, 0.15) is 5.82 Å². The van der Waals surface area contributed by atoms with Crippen LogP contribution in [0.25, 0.3) is 0 Å². The van der Waals surface area contributed by atoms with Crippen molar-refractivity contribution in [3.05, 3.63) is 30.1 Å². The summed E-state index contributed by atoms with van der Waals surface area (Å²) in [5.74, 6) is 1.28. The fraction of sp³-hybridized carbons (Fsp3) is 0.556. The summed E-state index contributed by atoms with van der Waals surface area (Å²) in [6.45, 7) is 1.13. The van der Waals surface area contributed by atoms with Crippen molar-refractivity contribution in [2.75, 3.05) is 37.4 Å². The molecule has 1 atom stereocenters. The van der Waals surface area contributed by atoms with E-state index in [1.807, 2.05) is 0 Å². The van der Waals surface area contributed by atoms with Crippen molar-refractivity contribution in [2.24, 2.45) is 4.99 Å². The van der Waals surface area contributed by atoms with Gasteiger partial charge in [0.15, 0.2) is 15.8 Å². The molecule has 1 aliphatic rings. The number of aliphatic imine (C=N–C) groups is 1. The molecular formula is C18H27FN4O3S2. The summed E-state index contributed by atoms with van der Waals surface area (Å²) in [6, 6.07) is 6.16. The Kier molecular flexibility index (Phi) is 9.04. The molecule has 7 nitrogen and oxygen atoms in total. The summed E-state index contributed by atoms with van der Waals surface area (Å²) in [5.41, 5.74) is 0. The Morgan fingerprint density at radius 3 is 2.61 bits per heavy atom. The summed E-state index contributed by atoms with van der Waals surface area (Å²) >= 11 is 1.66. The van der Waals surface area contributed by atoms with Crippen LogP contribution < -0.4 is 16.0 Å². The number of carbonyl (C=O) groups excluding carboxylic acids is 1. The minimum atomic E-state index is -2.99. The van der Waals surface area contributed by atoms with Gasteiger partial charge in [0, 0.05) is 37.5 Å². The molecule has 3 N–H and O–H groups in total. The van der Waals surface area contributed by atoms with Crippen molar-refractivity contribution in [2.45, 2.75) is 30.2 Å². The minimum Gasteiger partial charge on any atom is -0.356 e. The Morgan fingerprint density at radius 2 is 1.96 bits per heavy atom. The second-order valence-corrected chi connectivity index (χ2v) is 9.90. The maximum atomic E-state index is 12.9. The topological polar surface area (TPSA) is 99.7 Å². The first-order chi connectivity index (χ1) is 13.4. The average Bonchev–Trinajstić information content (AvgIpc) is 2.99. The van der Waals surface area contributed by atoms with Gasteiger partial charge in [0.25, 0.3) is 0 Å². The van der Waals surface area contributed by atoms with Gasteiger partial charge in [-0.1, -0.05) is 0 Å². The summed E-state index contributed by atoms with van der Waals surface area (Å²) in [5, 5.41) is 9.01. The number of amides is 1. The number of hydrogen-bond donors (Lipinski definition) is 3. The molecule has 1 aromatic carbocycles. The van der Waals surface area contributed by atoms with E-state index in [1.165, 1.54) is 12.1 Å². The van der Waals surface area contributed by atoms with E-state index in [1.54, 1.807) is 30.9 Å². The number of thioether (sulfide) groups is 1. The maximum absolute atomic E-state index is 12.9. The van der Waals surface area contributed by atoms with Crippen LogP contribution in [0.2, 0.25) is 0 Å². The molecule has 0 spiro atoms. The van der Waals surface area contributed by atoms with Crippen LogP contribution in [0.5, 0.6) is 0 Å². The zero-order chi connectivity index (χ0) is 20.4.